The Morgan fingerprint density at radius 3 is 2.73 bits per heavy atom. The van der Waals surface area contributed by atoms with Crippen molar-refractivity contribution in [3.63, 3.8) is 0 Å². The number of anilines is 1. The van der Waals surface area contributed by atoms with Crippen molar-refractivity contribution in [3.05, 3.63) is 29.8 Å². The van der Waals surface area contributed by atoms with Gasteiger partial charge in [0.1, 0.15) is 0 Å². The Kier molecular flexibility index (Phi) is 11.6. The van der Waals surface area contributed by atoms with E-state index in [0.717, 1.165) is 45.0 Å². The highest BCUT2D eigenvalue weighted by atomic mass is 127. The smallest absolute Gasteiger partial charge is 0.191 e. The maximum Gasteiger partial charge on any atom is 0.191 e. The van der Waals surface area contributed by atoms with Crippen LogP contribution in [0.5, 0.6) is 0 Å². The molecule has 1 aliphatic heterocycles. The Morgan fingerprint density at radius 1 is 1.19 bits per heavy atom. The number of nitrogens with one attached hydrogen (secondary N) is 2. The number of hydrogen-bond acceptors (Lipinski definition) is 4. The molecule has 0 aliphatic carbocycles. The second-order valence-electron chi connectivity index (χ2n) is 6.26. The number of para-hydroxylation sites is 1. The molecule has 0 amide bonds. The third-order valence-corrected chi connectivity index (χ3v) is 4.41. The number of aliphatic imine (C=N–C) groups is 1. The zero-order valence-electron chi connectivity index (χ0n) is 16.2. The Bertz CT molecular complexity index is 542. The van der Waals surface area contributed by atoms with Gasteiger partial charge in [-0.25, -0.2) is 0 Å². The summed E-state index contributed by atoms with van der Waals surface area (Å²) < 4.78 is 10.4. The van der Waals surface area contributed by atoms with Crippen LogP contribution >= 0.6 is 24.0 Å². The van der Waals surface area contributed by atoms with Crippen molar-refractivity contribution in [2.45, 2.75) is 25.8 Å². The van der Waals surface area contributed by atoms with Gasteiger partial charge in [-0.1, -0.05) is 18.2 Å². The molecular weight excluding hydrogens is 443 g/mol. The van der Waals surface area contributed by atoms with Gasteiger partial charge in [-0.15, -0.1) is 24.0 Å². The number of nitrogens with zero attached hydrogens (tertiary/aromatic N) is 2. The summed E-state index contributed by atoms with van der Waals surface area (Å²) in [5, 5.41) is 6.72. The quantitative estimate of drug-likeness (QED) is 0.235. The first-order valence-corrected chi connectivity index (χ1v) is 9.12. The highest BCUT2D eigenvalue weighted by molar-refractivity contribution is 14.0. The minimum atomic E-state index is 0. The molecule has 7 heteroatoms. The molecule has 2 rings (SSSR count). The molecule has 0 bridgehead atoms. The van der Waals surface area contributed by atoms with Crippen molar-refractivity contribution in [1.82, 2.24) is 10.6 Å². The number of ether oxygens (including phenoxy) is 2. The van der Waals surface area contributed by atoms with Crippen molar-refractivity contribution in [2.75, 3.05) is 58.5 Å². The molecule has 2 N–H and O–H groups in total. The second kappa shape index (κ2) is 13.2. The number of benzene rings is 1. The molecule has 1 heterocycles. The lowest BCUT2D eigenvalue weighted by molar-refractivity contribution is 0.0698. The predicted molar refractivity (Wildman–Crippen MR) is 119 cm³/mol. The lowest BCUT2D eigenvalue weighted by Crippen LogP contribution is -2.43. The predicted octanol–water partition coefficient (Wildman–Crippen LogP) is 2.27. The molecule has 1 aromatic carbocycles. The highest BCUT2D eigenvalue weighted by Gasteiger charge is 2.24. The average molecular weight is 476 g/mol. The third-order valence-electron chi connectivity index (χ3n) is 4.41. The number of fused-ring (bicyclic) bond motifs is 1. The van der Waals surface area contributed by atoms with E-state index in [1.165, 1.54) is 11.3 Å². The summed E-state index contributed by atoms with van der Waals surface area (Å²) in [5.74, 6) is 0.844. The molecule has 26 heavy (non-hydrogen) atoms. The fraction of sp³-hybridized carbons (Fsp3) is 0.632. The maximum absolute atomic E-state index is 5.45. The molecule has 6 nitrogen and oxygen atoms in total. The SMILES string of the molecule is CN=C(NCCCOCCOC)NCCN1c2ccccc2CC1C.I. The van der Waals surface area contributed by atoms with E-state index in [0.29, 0.717) is 19.3 Å². The van der Waals surface area contributed by atoms with Crippen LogP contribution in [0.3, 0.4) is 0 Å². The topological polar surface area (TPSA) is 58.1 Å². The lowest BCUT2D eigenvalue weighted by Gasteiger charge is -2.25. The fourth-order valence-electron chi connectivity index (χ4n) is 3.11. The molecule has 1 atom stereocenters. The van der Waals surface area contributed by atoms with Crippen LogP contribution in [0.4, 0.5) is 5.69 Å². The van der Waals surface area contributed by atoms with Crippen molar-refractivity contribution in [2.24, 2.45) is 4.99 Å². The first-order valence-electron chi connectivity index (χ1n) is 9.12. The summed E-state index contributed by atoms with van der Waals surface area (Å²) in [6.07, 6.45) is 2.08. The van der Waals surface area contributed by atoms with Crippen molar-refractivity contribution >= 4 is 35.6 Å². The van der Waals surface area contributed by atoms with Crippen molar-refractivity contribution < 1.29 is 9.47 Å². The van der Waals surface area contributed by atoms with Crippen LogP contribution in [0.25, 0.3) is 0 Å². The van der Waals surface area contributed by atoms with Gasteiger partial charge in [-0.3, -0.25) is 4.99 Å². The summed E-state index contributed by atoms with van der Waals surface area (Å²) in [7, 11) is 3.49. The maximum atomic E-state index is 5.45. The van der Waals surface area contributed by atoms with Crippen molar-refractivity contribution in [3.8, 4) is 0 Å². The lowest BCUT2D eigenvalue weighted by atomic mass is 10.1. The number of methoxy groups -OCH3 is 1. The minimum Gasteiger partial charge on any atom is -0.382 e. The van der Waals surface area contributed by atoms with E-state index in [1.807, 2.05) is 0 Å². The normalized spacial score (nSPS) is 16.2. The van der Waals surface area contributed by atoms with E-state index < -0.39 is 0 Å². The van der Waals surface area contributed by atoms with E-state index in [1.54, 1.807) is 14.2 Å². The van der Waals surface area contributed by atoms with E-state index in [-0.39, 0.29) is 24.0 Å². The van der Waals surface area contributed by atoms with Gasteiger partial charge in [0, 0.05) is 52.1 Å². The van der Waals surface area contributed by atoms with Gasteiger partial charge >= 0.3 is 0 Å². The fourth-order valence-corrected chi connectivity index (χ4v) is 3.11. The van der Waals surface area contributed by atoms with Gasteiger partial charge in [-0.2, -0.15) is 0 Å². The molecule has 0 saturated heterocycles. The van der Waals surface area contributed by atoms with Crippen LogP contribution < -0.4 is 15.5 Å². The molecule has 0 fully saturated rings. The molecule has 0 radical (unpaired) electrons. The largest absolute Gasteiger partial charge is 0.382 e. The monoisotopic (exact) mass is 476 g/mol. The summed E-state index contributed by atoms with van der Waals surface area (Å²) in [4.78, 5) is 6.75. The number of rotatable bonds is 10. The summed E-state index contributed by atoms with van der Waals surface area (Å²) in [6, 6.07) is 9.24. The molecule has 0 saturated carbocycles. The van der Waals surface area contributed by atoms with E-state index in [4.69, 9.17) is 9.47 Å². The number of guanidine groups is 1. The van der Waals surface area contributed by atoms with Crippen LogP contribution in [0.2, 0.25) is 0 Å². The molecule has 1 aliphatic rings. The van der Waals surface area contributed by atoms with Crippen molar-refractivity contribution in [1.29, 1.82) is 0 Å². The minimum absolute atomic E-state index is 0. The van der Waals surface area contributed by atoms with Gasteiger partial charge in [0.25, 0.3) is 0 Å². The van der Waals surface area contributed by atoms with E-state index in [9.17, 15) is 0 Å². The van der Waals surface area contributed by atoms with Gasteiger partial charge in [0.2, 0.25) is 0 Å². The van der Waals surface area contributed by atoms with Crippen LogP contribution in [0.15, 0.2) is 29.3 Å². The average Bonchev–Trinajstić information content (AvgIpc) is 2.95. The summed E-state index contributed by atoms with van der Waals surface area (Å²) >= 11 is 0. The van der Waals surface area contributed by atoms with Crippen LogP contribution in [-0.4, -0.2) is 65.6 Å². The zero-order chi connectivity index (χ0) is 17.9. The number of hydrogen-bond donors (Lipinski definition) is 2. The standard InChI is InChI=1S/C19H32N4O2.HI/c1-16-15-17-7-4-5-8-18(17)23(16)11-10-22-19(20-2)21-9-6-12-25-14-13-24-3;/h4-5,7-8,16H,6,9-15H2,1-3H3,(H2,20,21,22);1H. The van der Waals surface area contributed by atoms with Crippen LogP contribution in [0, 0.1) is 0 Å². The van der Waals surface area contributed by atoms with Gasteiger partial charge in [0.15, 0.2) is 5.96 Å². The molecule has 0 aromatic heterocycles. The van der Waals surface area contributed by atoms with E-state index >= 15 is 0 Å². The third kappa shape index (κ3) is 7.28. The molecule has 1 aromatic rings. The van der Waals surface area contributed by atoms with E-state index in [2.05, 4.69) is 51.7 Å². The zero-order valence-corrected chi connectivity index (χ0v) is 18.5. The Morgan fingerprint density at radius 2 is 1.96 bits per heavy atom. The molecule has 1 unspecified atom stereocenters. The molecular formula is C19H33IN4O2. The van der Waals surface area contributed by atoms with Gasteiger partial charge in [-0.05, 0) is 31.4 Å². The van der Waals surface area contributed by atoms with Gasteiger partial charge in [0.05, 0.1) is 13.2 Å². The van der Waals surface area contributed by atoms with Crippen LogP contribution in [0.1, 0.15) is 18.9 Å². The molecule has 0 spiro atoms. The van der Waals surface area contributed by atoms with Crippen LogP contribution in [-0.2, 0) is 15.9 Å². The summed E-state index contributed by atoms with van der Waals surface area (Å²) in [6.45, 7) is 7.00. The van der Waals surface area contributed by atoms with Gasteiger partial charge < -0.3 is 25.0 Å². The Balaban J connectivity index is 0.00000338. The first kappa shape index (κ1) is 23.0. The molecule has 148 valence electrons. The Hall–Kier alpha value is -1.06. The highest BCUT2D eigenvalue weighted by Crippen LogP contribution is 2.31. The first-order chi connectivity index (χ1) is 12.3. The summed E-state index contributed by atoms with van der Waals surface area (Å²) in [5.41, 5.74) is 2.82. The Labute approximate surface area is 174 Å². The number of halogens is 1. The second-order valence-corrected chi connectivity index (χ2v) is 6.26.